The Bertz CT molecular complexity index is 1200. The zero-order valence-corrected chi connectivity index (χ0v) is 17.5. The molecule has 0 bridgehead atoms. The van der Waals surface area contributed by atoms with Gasteiger partial charge in [-0.1, -0.05) is 30.7 Å². The number of nitrogens with zero attached hydrogens (tertiary/aromatic N) is 3. The molecule has 7 heteroatoms. The van der Waals surface area contributed by atoms with E-state index in [0.717, 1.165) is 23.2 Å². The predicted octanol–water partition coefficient (Wildman–Crippen LogP) is 4.96. The van der Waals surface area contributed by atoms with E-state index in [1.54, 1.807) is 35.1 Å². The van der Waals surface area contributed by atoms with E-state index in [9.17, 15) is 4.79 Å². The predicted molar refractivity (Wildman–Crippen MR) is 119 cm³/mol. The minimum Gasteiger partial charge on any atom is -0.484 e. The molecule has 0 aliphatic heterocycles. The summed E-state index contributed by atoms with van der Waals surface area (Å²) in [5.41, 5.74) is 5.13. The Morgan fingerprint density at radius 2 is 1.80 bits per heavy atom. The van der Waals surface area contributed by atoms with Crippen molar-refractivity contribution in [1.82, 2.24) is 15.0 Å². The number of carbonyl (C=O) groups is 1. The van der Waals surface area contributed by atoms with E-state index < -0.39 is 0 Å². The summed E-state index contributed by atoms with van der Waals surface area (Å²) in [6, 6.07) is 18.8. The highest BCUT2D eigenvalue weighted by atomic mass is 35.5. The molecule has 0 atom stereocenters. The molecule has 0 aliphatic carbocycles. The normalized spacial score (nSPS) is 10.9. The summed E-state index contributed by atoms with van der Waals surface area (Å²) >= 11 is 6.01. The number of hydrogen-bond donors (Lipinski definition) is 1. The Labute approximate surface area is 179 Å². The van der Waals surface area contributed by atoms with Crippen molar-refractivity contribution in [3.8, 4) is 11.4 Å². The fraction of sp³-hybridized carbons (Fsp3) is 0.174. The number of rotatable bonds is 6. The lowest BCUT2D eigenvalue weighted by Gasteiger charge is -2.08. The lowest BCUT2D eigenvalue weighted by atomic mass is 10.2. The van der Waals surface area contributed by atoms with Crippen LogP contribution in [0.5, 0.6) is 5.75 Å². The summed E-state index contributed by atoms with van der Waals surface area (Å²) in [5, 5.41) is 12.5. The lowest BCUT2D eigenvalue weighted by molar-refractivity contribution is -0.118. The average Bonchev–Trinajstić information content (AvgIpc) is 3.18. The quantitative estimate of drug-likeness (QED) is 0.478. The molecule has 1 heterocycles. The van der Waals surface area contributed by atoms with Crippen LogP contribution in [0.25, 0.3) is 16.7 Å². The van der Waals surface area contributed by atoms with Crippen molar-refractivity contribution < 1.29 is 9.53 Å². The van der Waals surface area contributed by atoms with Crippen LogP contribution in [0.1, 0.15) is 18.1 Å². The molecule has 1 aromatic heterocycles. The monoisotopic (exact) mass is 420 g/mol. The third kappa shape index (κ3) is 4.44. The Balaban J connectivity index is 1.43. The molecule has 0 radical (unpaired) electrons. The number of aryl methyl sites for hydroxylation is 2. The second-order valence-corrected chi connectivity index (χ2v) is 7.37. The van der Waals surface area contributed by atoms with Gasteiger partial charge in [0.15, 0.2) is 6.61 Å². The highest BCUT2D eigenvalue weighted by Crippen LogP contribution is 2.21. The van der Waals surface area contributed by atoms with Crippen molar-refractivity contribution in [1.29, 1.82) is 0 Å². The third-order valence-corrected chi connectivity index (χ3v) is 5.16. The molecular weight excluding hydrogens is 400 g/mol. The van der Waals surface area contributed by atoms with Gasteiger partial charge < -0.3 is 10.1 Å². The lowest BCUT2D eigenvalue weighted by Crippen LogP contribution is -2.20. The summed E-state index contributed by atoms with van der Waals surface area (Å²) in [7, 11) is 0. The first kappa shape index (κ1) is 19.9. The molecule has 152 valence electrons. The van der Waals surface area contributed by atoms with Gasteiger partial charge in [-0.2, -0.15) is 4.80 Å². The number of aromatic nitrogens is 3. The summed E-state index contributed by atoms with van der Waals surface area (Å²) in [6.07, 6.45) is 0.985. The minimum atomic E-state index is -0.260. The average molecular weight is 421 g/mol. The molecule has 1 N–H and O–H groups in total. The maximum absolute atomic E-state index is 12.3. The van der Waals surface area contributed by atoms with Crippen molar-refractivity contribution in [2.45, 2.75) is 20.3 Å². The zero-order chi connectivity index (χ0) is 21.1. The van der Waals surface area contributed by atoms with Gasteiger partial charge in [0.1, 0.15) is 16.8 Å². The van der Waals surface area contributed by atoms with Crippen LogP contribution in [0.2, 0.25) is 5.02 Å². The first-order valence-electron chi connectivity index (χ1n) is 9.67. The van der Waals surface area contributed by atoms with Crippen LogP contribution in [0.4, 0.5) is 5.69 Å². The van der Waals surface area contributed by atoms with Crippen LogP contribution in [0.3, 0.4) is 0 Å². The van der Waals surface area contributed by atoms with Crippen molar-refractivity contribution in [2.75, 3.05) is 11.9 Å². The summed E-state index contributed by atoms with van der Waals surface area (Å²) in [5.74, 6) is 0.337. The van der Waals surface area contributed by atoms with Crippen molar-refractivity contribution in [3.05, 3.63) is 76.8 Å². The van der Waals surface area contributed by atoms with Crippen LogP contribution in [-0.4, -0.2) is 27.5 Å². The van der Waals surface area contributed by atoms with Crippen LogP contribution < -0.4 is 10.1 Å². The number of benzene rings is 3. The molecule has 0 fully saturated rings. The molecule has 0 saturated carbocycles. The highest BCUT2D eigenvalue weighted by molar-refractivity contribution is 6.31. The number of amides is 1. The van der Waals surface area contributed by atoms with Crippen LogP contribution in [-0.2, 0) is 11.2 Å². The maximum Gasteiger partial charge on any atom is 0.262 e. The van der Waals surface area contributed by atoms with Crippen molar-refractivity contribution in [2.24, 2.45) is 0 Å². The Morgan fingerprint density at radius 1 is 1.03 bits per heavy atom. The Kier molecular flexibility index (Phi) is 5.68. The van der Waals surface area contributed by atoms with E-state index in [0.29, 0.717) is 22.0 Å². The smallest absolute Gasteiger partial charge is 0.262 e. The third-order valence-electron chi connectivity index (χ3n) is 4.74. The van der Waals surface area contributed by atoms with Crippen LogP contribution >= 0.6 is 11.6 Å². The molecule has 3 aromatic carbocycles. The van der Waals surface area contributed by atoms with E-state index in [1.165, 1.54) is 5.56 Å². The second-order valence-electron chi connectivity index (χ2n) is 6.96. The fourth-order valence-electron chi connectivity index (χ4n) is 3.03. The Morgan fingerprint density at radius 3 is 2.53 bits per heavy atom. The van der Waals surface area contributed by atoms with Gasteiger partial charge in [-0.3, -0.25) is 4.79 Å². The number of ether oxygens (including phenoxy) is 1. The molecule has 1 amide bonds. The zero-order valence-electron chi connectivity index (χ0n) is 16.7. The molecule has 4 aromatic rings. The maximum atomic E-state index is 12.3. The van der Waals surface area contributed by atoms with E-state index in [1.807, 2.05) is 25.1 Å². The van der Waals surface area contributed by atoms with Gasteiger partial charge in [0.05, 0.1) is 5.69 Å². The van der Waals surface area contributed by atoms with E-state index in [4.69, 9.17) is 16.3 Å². The van der Waals surface area contributed by atoms with Gasteiger partial charge in [-0.15, -0.1) is 10.2 Å². The minimum absolute atomic E-state index is 0.102. The summed E-state index contributed by atoms with van der Waals surface area (Å²) < 4.78 is 5.54. The van der Waals surface area contributed by atoms with E-state index in [2.05, 4.69) is 34.6 Å². The highest BCUT2D eigenvalue weighted by Gasteiger charge is 2.09. The molecule has 0 spiro atoms. The summed E-state index contributed by atoms with van der Waals surface area (Å²) in [4.78, 5) is 13.9. The van der Waals surface area contributed by atoms with Gasteiger partial charge in [-0.25, -0.2) is 0 Å². The first-order chi connectivity index (χ1) is 14.5. The van der Waals surface area contributed by atoms with Gasteiger partial charge in [0, 0.05) is 10.7 Å². The molecule has 0 unspecified atom stereocenters. The number of carbonyl (C=O) groups excluding carboxylic acids is 1. The Hall–Kier alpha value is -3.38. The molecule has 4 rings (SSSR count). The molecular formula is C23H21ClN4O2. The van der Waals surface area contributed by atoms with E-state index >= 15 is 0 Å². The fourth-order valence-corrected chi connectivity index (χ4v) is 3.14. The van der Waals surface area contributed by atoms with Gasteiger partial charge in [0.2, 0.25) is 0 Å². The standard InChI is InChI=1S/C23H21ClN4O2/c1-3-16-4-7-18(8-5-16)28-26-21-11-6-17(13-22(21)27-28)25-23(29)14-30-19-9-10-20(24)15(2)12-19/h4-13H,3,14H2,1-2H3,(H,25,29). The number of nitrogens with one attached hydrogen (secondary N) is 1. The summed E-state index contributed by atoms with van der Waals surface area (Å²) in [6.45, 7) is 3.90. The molecule has 30 heavy (non-hydrogen) atoms. The van der Waals surface area contributed by atoms with Gasteiger partial charge >= 0.3 is 0 Å². The van der Waals surface area contributed by atoms with Crippen LogP contribution in [0.15, 0.2) is 60.7 Å². The van der Waals surface area contributed by atoms with Crippen LogP contribution in [0, 0.1) is 6.92 Å². The first-order valence-corrected chi connectivity index (χ1v) is 10.0. The molecule has 6 nitrogen and oxygen atoms in total. The SMILES string of the molecule is CCc1ccc(-n2nc3ccc(NC(=O)COc4ccc(Cl)c(C)c4)cc3n2)cc1. The second kappa shape index (κ2) is 8.55. The van der Waals surface area contributed by atoms with Gasteiger partial charge in [0.25, 0.3) is 5.91 Å². The van der Waals surface area contributed by atoms with Crippen molar-refractivity contribution in [3.63, 3.8) is 0 Å². The largest absolute Gasteiger partial charge is 0.484 e. The van der Waals surface area contributed by atoms with Gasteiger partial charge in [-0.05, 0) is 73.0 Å². The molecule has 0 aliphatic rings. The number of halogens is 1. The number of anilines is 1. The number of hydrogen-bond acceptors (Lipinski definition) is 4. The molecule has 0 saturated heterocycles. The number of fused-ring (bicyclic) bond motifs is 1. The van der Waals surface area contributed by atoms with E-state index in [-0.39, 0.29) is 12.5 Å². The van der Waals surface area contributed by atoms with Crippen molar-refractivity contribution >= 4 is 34.2 Å². The topological polar surface area (TPSA) is 69.0 Å².